The molecule has 108 valence electrons. The highest BCUT2D eigenvalue weighted by Gasteiger charge is 2.17. The monoisotopic (exact) mass is 285 g/mol. The fourth-order valence-electron chi connectivity index (χ4n) is 2.64. The molecule has 0 aliphatic rings. The quantitative estimate of drug-likeness (QED) is 0.786. The molecule has 0 aliphatic carbocycles. The third-order valence-electron chi connectivity index (χ3n) is 3.45. The summed E-state index contributed by atoms with van der Waals surface area (Å²) in [7, 11) is 1.83. The molecule has 0 radical (unpaired) electrons. The molecule has 0 aliphatic heterocycles. The van der Waals surface area contributed by atoms with Crippen LogP contribution in [0.25, 0.3) is 22.2 Å². The van der Waals surface area contributed by atoms with E-state index in [2.05, 4.69) is 28.9 Å². The van der Waals surface area contributed by atoms with Gasteiger partial charge in [0.15, 0.2) is 5.82 Å². The number of fused-ring (bicyclic) bond motifs is 1. The first-order chi connectivity index (χ1) is 9.97. The summed E-state index contributed by atoms with van der Waals surface area (Å²) < 4.78 is 16.1. The zero-order valence-corrected chi connectivity index (χ0v) is 12.1. The molecule has 0 saturated carbocycles. The summed E-state index contributed by atoms with van der Waals surface area (Å²) in [4.78, 5) is 8.00. The molecule has 2 N–H and O–H groups in total. The molecule has 1 aromatic carbocycles. The second-order valence-corrected chi connectivity index (χ2v) is 5.32. The van der Waals surface area contributed by atoms with Crippen LogP contribution in [0.3, 0.4) is 0 Å². The lowest BCUT2D eigenvalue weighted by atomic mass is 10.0. The molecular formula is C15H16FN5. The molecule has 2 aromatic heterocycles. The molecule has 21 heavy (non-hydrogen) atoms. The number of rotatable bonds is 2. The van der Waals surface area contributed by atoms with Crippen LogP contribution >= 0.6 is 0 Å². The maximum absolute atomic E-state index is 14.3. The molecule has 3 rings (SSSR count). The van der Waals surface area contributed by atoms with Gasteiger partial charge in [-0.1, -0.05) is 13.8 Å². The van der Waals surface area contributed by atoms with E-state index in [1.807, 2.05) is 13.1 Å². The van der Waals surface area contributed by atoms with Crippen molar-refractivity contribution in [2.45, 2.75) is 19.8 Å². The lowest BCUT2D eigenvalue weighted by molar-refractivity contribution is 0.629. The maximum atomic E-state index is 14.3. The molecule has 0 saturated heterocycles. The Hall–Kier alpha value is -2.50. The van der Waals surface area contributed by atoms with E-state index in [-0.39, 0.29) is 17.7 Å². The van der Waals surface area contributed by atoms with Gasteiger partial charge in [0.2, 0.25) is 5.95 Å². The highest BCUT2D eigenvalue weighted by molar-refractivity contribution is 5.87. The zero-order valence-electron chi connectivity index (χ0n) is 12.1. The SMILES string of the molecule is CC(C)c1c2cc(-c3ccnc(N)n3)cc(F)c2nn1C. The second-order valence-electron chi connectivity index (χ2n) is 5.32. The molecule has 6 heteroatoms. The van der Waals surface area contributed by atoms with E-state index < -0.39 is 0 Å². The van der Waals surface area contributed by atoms with Gasteiger partial charge < -0.3 is 5.73 Å². The number of nitrogen functional groups attached to an aromatic ring is 1. The molecule has 0 unspecified atom stereocenters. The van der Waals surface area contributed by atoms with Gasteiger partial charge >= 0.3 is 0 Å². The largest absolute Gasteiger partial charge is 0.368 e. The fraction of sp³-hybridized carbons (Fsp3) is 0.267. The Kier molecular flexibility index (Phi) is 3.08. The molecule has 0 atom stereocenters. The zero-order chi connectivity index (χ0) is 15.1. The Morgan fingerprint density at radius 2 is 2.05 bits per heavy atom. The molecule has 0 spiro atoms. The number of nitrogens with two attached hydrogens (primary N) is 1. The summed E-state index contributed by atoms with van der Waals surface area (Å²) >= 11 is 0. The first-order valence-electron chi connectivity index (χ1n) is 6.72. The van der Waals surface area contributed by atoms with Gasteiger partial charge in [0.25, 0.3) is 0 Å². The van der Waals surface area contributed by atoms with Crippen molar-refractivity contribution in [2.24, 2.45) is 7.05 Å². The standard InChI is InChI=1S/C15H16FN5/c1-8(2)14-10-6-9(12-4-5-18-15(17)19-12)7-11(16)13(10)20-21(14)3/h4-8H,1-3H3,(H2,17,18,19). The highest BCUT2D eigenvalue weighted by Crippen LogP contribution is 2.30. The lowest BCUT2D eigenvalue weighted by Crippen LogP contribution is -1.99. The van der Waals surface area contributed by atoms with Gasteiger partial charge in [-0.2, -0.15) is 5.10 Å². The third-order valence-corrected chi connectivity index (χ3v) is 3.45. The van der Waals surface area contributed by atoms with E-state index in [4.69, 9.17) is 5.73 Å². The van der Waals surface area contributed by atoms with Gasteiger partial charge in [-0.05, 0) is 24.1 Å². The summed E-state index contributed by atoms with van der Waals surface area (Å²) in [6.45, 7) is 4.12. The smallest absolute Gasteiger partial charge is 0.220 e. The highest BCUT2D eigenvalue weighted by atomic mass is 19.1. The number of aromatic nitrogens is 4. The Morgan fingerprint density at radius 3 is 2.71 bits per heavy atom. The minimum absolute atomic E-state index is 0.170. The first-order valence-corrected chi connectivity index (χ1v) is 6.72. The van der Waals surface area contributed by atoms with Gasteiger partial charge in [0, 0.05) is 29.9 Å². The maximum Gasteiger partial charge on any atom is 0.220 e. The van der Waals surface area contributed by atoms with E-state index in [0.717, 1.165) is 11.1 Å². The predicted molar refractivity (Wildman–Crippen MR) is 80.2 cm³/mol. The van der Waals surface area contributed by atoms with Crippen LogP contribution in [0.4, 0.5) is 10.3 Å². The van der Waals surface area contributed by atoms with Crippen molar-refractivity contribution in [1.29, 1.82) is 0 Å². The van der Waals surface area contributed by atoms with Crippen LogP contribution in [-0.4, -0.2) is 19.7 Å². The van der Waals surface area contributed by atoms with E-state index in [0.29, 0.717) is 16.8 Å². The average Bonchev–Trinajstić information content (AvgIpc) is 2.75. The fourth-order valence-corrected chi connectivity index (χ4v) is 2.64. The molecule has 5 nitrogen and oxygen atoms in total. The Morgan fingerprint density at radius 1 is 1.29 bits per heavy atom. The van der Waals surface area contributed by atoms with Crippen LogP contribution < -0.4 is 5.73 Å². The molecule has 0 fully saturated rings. The topological polar surface area (TPSA) is 69.6 Å². The van der Waals surface area contributed by atoms with Crippen LogP contribution in [-0.2, 0) is 7.05 Å². The van der Waals surface area contributed by atoms with E-state index in [1.165, 1.54) is 6.07 Å². The molecule has 2 heterocycles. The van der Waals surface area contributed by atoms with Gasteiger partial charge in [-0.15, -0.1) is 0 Å². The molecule has 0 bridgehead atoms. The lowest BCUT2D eigenvalue weighted by Gasteiger charge is -2.07. The summed E-state index contributed by atoms with van der Waals surface area (Å²) in [5.41, 5.74) is 8.24. The van der Waals surface area contributed by atoms with Crippen LogP contribution in [0.1, 0.15) is 25.5 Å². The Labute approximate surface area is 121 Å². The van der Waals surface area contributed by atoms with Crippen LogP contribution in [0.5, 0.6) is 0 Å². The predicted octanol–water partition coefficient (Wildman–Crippen LogP) is 2.88. The van der Waals surface area contributed by atoms with E-state index >= 15 is 0 Å². The molecule has 0 amide bonds. The van der Waals surface area contributed by atoms with Crippen molar-refractivity contribution in [3.8, 4) is 11.3 Å². The van der Waals surface area contributed by atoms with Crippen LogP contribution in [0, 0.1) is 5.82 Å². The summed E-state index contributed by atoms with van der Waals surface area (Å²) in [6, 6.07) is 5.05. The third kappa shape index (κ3) is 2.22. The van der Waals surface area contributed by atoms with Gasteiger partial charge in [0.1, 0.15) is 5.52 Å². The molecular weight excluding hydrogens is 269 g/mol. The minimum Gasteiger partial charge on any atom is -0.368 e. The van der Waals surface area contributed by atoms with Crippen LogP contribution in [0.15, 0.2) is 24.4 Å². The number of halogens is 1. The molecule has 3 aromatic rings. The number of anilines is 1. The van der Waals surface area contributed by atoms with E-state index in [1.54, 1.807) is 16.9 Å². The minimum atomic E-state index is -0.359. The summed E-state index contributed by atoms with van der Waals surface area (Å²) in [5, 5.41) is 5.08. The van der Waals surface area contributed by atoms with Crippen molar-refractivity contribution in [2.75, 3.05) is 5.73 Å². The van der Waals surface area contributed by atoms with Crippen molar-refractivity contribution in [3.05, 3.63) is 35.9 Å². The van der Waals surface area contributed by atoms with Crippen LogP contribution in [0.2, 0.25) is 0 Å². The number of aryl methyl sites for hydroxylation is 1. The normalized spacial score (nSPS) is 11.5. The number of hydrogen-bond acceptors (Lipinski definition) is 4. The Bertz CT molecular complexity index is 822. The first kappa shape index (κ1) is 13.5. The second kappa shape index (κ2) is 4.80. The Balaban J connectivity index is 2.29. The average molecular weight is 285 g/mol. The van der Waals surface area contributed by atoms with Crippen molar-refractivity contribution in [3.63, 3.8) is 0 Å². The number of benzene rings is 1. The van der Waals surface area contributed by atoms with E-state index in [9.17, 15) is 4.39 Å². The van der Waals surface area contributed by atoms with Crippen molar-refractivity contribution < 1.29 is 4.39 Å². The number of nitrogens with zero attached hydrogens (tertiary/aromatic N) is 4. The van der Waals surface area contributed by atoms with Gasteiger partial charge in [0.05, 0.1) is 5.69 Å². The van der Waals surface area contributed by atoms with Crippen molar-refractivity contribution in [1.82, 2.24) is 19.7 Å². The van der Waals surface area contributed by atoms with Gasteiger partial charge in [-0.3, -0.25) is 4.68 Å². The van der Waals surface area contributed by atoms with Crippen molar-refractivity contribution >= 4 is 16.9 Å². The van der Waals surface area contributed by atoms with Gasteiger partial charge in [-0.25, -0.2) is 14.4 Å². The summed E-state index contributed by atoms with van der Waals surface area (Å²) in [6.07, 6.45) is 1.56. The summed E-state index contributed by atoms with van der Waals surface area (Å²) in [5.74, 6) is 0.0515. The number of hydrogen-bond donors (Lipinski definition) is 1.